The maximum absolute atomic E-state index is 10.8. The van der Waals surface area contributed by atoms with E-state index in [0.29, 0.717) is 13.0 Å². The van der Waals surface area contributed by atoms with Crippen LogP contribution in [0.2, 0.25) is 0 Å². The van der Waals surface area contributed by atoms with E-state index in [4.69, 9.17) is 5.11 Å². The van der Waals surface area contributed by atoms with Gasteiger partial charge in [0.05, 0.1) is 11.6 Å². The summed E-state index contributed by atoms with van der Waals surface area (Å²) in [5.41, 5.74) is -0.191. The van der Waals surface area contributed by atoms with Gasteiger partial charge in [-0.3, -0.25) is 0 Å². The first-order valence-corrected chi connectivity index (χ1v) is 4.92. The van der Waals surface area contributed by atoms with E-state index < -0.39 is 16.7 Å². The van der Waals surface area contributed by atoms with Crippen LogP contribution in [-0.4, -0.2) is 25.8 Å². The van der Waals surface area contributed by atoms with E-state index in [9.17, 15) is 14.9 Å². The number of aromatic carboxylic acids is 1. The average Bonchev–Trinajstić information content (AvgIpc) is 2.43. The van der Waals surface area contributed by atoms with Crippen molar-refractivity contribution in [3.05, 3.63) is 20.3 Å². The topological polar surface area (TPSA) is 98.3 Å². The molecule has 0 aromatic carbocycles. The minimum atomic E-state index is -1.24. The van der Waals surface area contributed by atoms with E-state index in [1.54, 1.807) is 0 Å². The van der Waals surface area contributed by atoms with Crippen LogP contribution in [0.15, 0.2) is 4.47 Å². The number of aryl methyl sites for hydroxylation is 1. The number of hydrogen-bond donors (Lipinski definition) is 1. The van der Waals surface area contributed by atoms with Crippen LogP contribution in [0.25, 0.3) is 0 Å². The highest BCUT2D eigenvalue weighted by molar-refractivity contribution is 9.10. The Balaban J connectivity index is 3.32. The van der Waals surface area contributed by atoms with Crippen LogP contribution in [0.1, 0.15) is 23.8 Å². The molecule has 82 valence electrons. The van der Waals surface area contributed by atoms with Gasteiger partial charge < -0.3 is 15.2 Å². The van der Waals surface area contributed by atoms with Crippen LogP contribution in [0.3, 0.4) is 0 Å². The standard InChI is InChI=1S/C7H8BrN3O4/c1-2-3-10-5(7(12)13)4(8)6(9-10)11(14)15/h2-3H2,1H3,(H,12,13). The second-order valence-corrected chi connectivity index (χ2v) is 3.56. The molecule has 1 rings (SSSR count). The molecule has 0 aliphatic rings. The van der Waals surface area contributed by atoms with Crippen molar-refractivity contribution in [3.8, 4) is 0 Å². The molecule has 7 nitrogen and oxygen atoms in total. The maximum atomic E-state index is 10.8. The number of carboxylic acids is 1. The zero-order chi connectivity index (χ0) is 11.6. The molecule has 1 heterocycles. The van der Waals surface area contributed by atoms with Crippen LogP contribution in [0, 0.1) is 10.1 Å². The quantitative estimate of drug-likeness (QED) is 0.667. The van der Waals surface area contributed by atoms with Gasteiger partial charge in [-0.05, 0) is 27.3 Å². The van der Waals surface area contributed by atoms with Crippen molar-refractivity contribution in [1.82, 2.24) is 9.78 Å². The highest BCUT2D eigenvalue weighted by Crippen LogP contribution is 2.27. The Hall–Kier alpha value is -1.44. The maximum Gasteiger partial charge on any atom is 0.405 e. The lowest BCUT2D eigenvalue weighted by Crippen LogP contribution is -2.10. The van der Waals surface area contributed by atoms with Gasteiger partial charge in [0.2, 0.25) is 0 Å². The summed E-state index contributed by atoms with van der Waals surface area (Å²) in [5, 5.41) is 23.0. The van der Waals surface area contributed by atoms with Crippen LogP contribution in [0.4, 0.5) is 5.82 Å². The monoisotopic (exact) mass is 277 g/mol. The number of hydrogen-bond acceptors (Lipinski definition) is 4. The van der Waals surface area contributed by atoms with E-state index >= 15 is 0 Å². The molecule has 15 heavy (non-hydrogen) atoms. The third-order valence-electron chi connectivity index (χ3n) is 1.69. The number of carbonyl (C=O) groups is 1. The number of carboxylic acid groups (broad SMARTS) is 1. The number of halogens is 1. The predicted octanol–water partition coefficient (Wildman–Crippen LogP) is 1.66. The highest BCUT2D eigenvalue weighted by atomic mass is 79.9. The molecule has 0 saturated heterocycles. The third kappa shape index (κ3) is 2.14. The second kappa shape index (κ2) is 4.39. The first-order chi connectivity index (χ1) is 6.99. The minimum Gasteiger partial charge on any atom is -0.476 e. The predicted molar refractivity (Wildman–Crippen MR) is 53.8 cm³/mol. The molecular weight excluding hydrogens is 270 g/mol. The van der Waals surface area contributed by atoms with Gasteiger partial charge in [-0.15, -0.1) is 0 Å². The molecule has 0 atom stereocenters. The molecule has 1 N–H and O–H groups in total. The molecule has 0 saturated carbocycles. The van der Waals surface area contributed by atoms with Crippen molar-refractivity contribution in [2.45, 2.75) is 19.9 Å². The first-order valence-electron chi connectivity index (χ1n) is 4.13. The zero-order valence-electron chi connectivity index (χ0n) is 7.81. The molecule has 1 aromatic rings. The SMILES string of the molecule is CCCn1nc([N+](=O)[O-])c(Br)c1C(=O)O. The van der Waals surface area contributed by atoms with Gasteiger partial charge in [-0.25, -0.2) is 4.79 Å². The lowest BCUT2D eigenvalue weighted by molar-refractivity contribution is -0.390. The molecule has 0 amide bonds. The highest BCUT2D eigenvalue weighted by Gasteiger charge is 2.29. The lowest BCUT2D eigenvalue weighted by atomic mass is 10.4. The summed E-state index contributed by atoms with van der Waals surface area (Å²) in [6, 6.07) is 0. The Labute approximate surface area is 93.0 Å². The summed E-state index contributed by atoms with van der Waals surface area (Å²) in [6.45, 7) is 2.15. The molecular formula is C7H8BrN3O4. The van der Waals surface area contributed by atoms with Gasteiger partial charge in [0, 0.05) is 0 Å². The van der Waals surface area contributed by atoms with Gasteiger partial charge in [-0.2, -0.15) is 4.68 Å². The van der Waals surface area contributed by atoms with E-state index in [1.807, 2.05) is 6.92 Å². The number of aromatic nitrogens is 2. The van der Waals surface area contributed by atoms with E-state index in [2.05, 4.69) is 21.0 Å². The first kappa shape index (κ1) is 11.6. The number of nitro groups is 1. The smallest absolute Gasteiger partial charge is 0.405 e. The molecule has 0 unspecified atom stereocenters. The fourth-order valence-corrected chi connectivity index (χ4v) is 1.72. The molecule has 1 aromatic heterocycles. The molecule has 0 bridgehead atoms. The lowest BCUT2D eigenvalue weighted by Gasteiger charge is -1.95. The molecule has 0 aliphatic heterocycles. The fraction of sp³-hybridized carbons (Fsp3) is 0.429. The van der Waals surface area contributed by atoms with E-state index in [-0.39, 0.29) is 10.2 Å². The van der Waals surface area contributed by atoms with Gasteiger partial charge >= 0.3 is 11.8 Å². The van der Waals surface area contributed by atoms with Crippen LogP contribution >= 0.6 is 15.9 Å². The van der Waals surface area contributed by atoms with Crippen LogP contribution in [0.5, 0.6) is 0 Å². The third-order valence-corrected chi connectivity index (χ3v) is 2.42. The Morgan fingerprint density at radius 3 is 2.73 bits per heavy atom. The normalized spacial score (nSPS) is 10.3. The number of nitrogens with zero attached hydrogens (tertiary/aromatic N) is 3. The van der Waals surface area contributed by atoms with Gasteiger partial charge in [0.25, 0.3) is 0 Å². The van der Waals surface area contributed by atoms with Crippen molar-refractivity contribution >= 4 is 27.7 Å². The number of rotatable bonds is 4. The molecule has 0 radical (unpaired) electrons. The molecule has 0 spiro atoms. The summed E-state index contributed by atoms with van der Waals surface area (Å²) >= 11 is 2.87. The second-order valence-electron chi connectivity index (χ2n) is 2.77. The van der Waals surface area contributed by atoms with Gasteiger partial charge in [0.1, 0.15) is 0 Å². The Morgan fingerprint density at radius 2 is 2.33 bits per heavy atom. The van der Waals surface area contributed by atoms with Crippen LogP contribution in [-0.2, 0) is 6.54 Å². The van der Waals surface area contributed by atoms with Gasteiger partial charge in [0.15, 0.2) is 10.2 Å². The van der Waals surface area contributed by atoms with Crippen molar-refractivity contribution in [2.75, 3.05) is 0 Å². The van der Waals surface area contributed by atoms with E-state index in [0.717, 1.165) is 4.68 Å². The fourth-order valence-electron chi connectivity index (χ4n) is 1.12. The van der Waals surface area contributed by atoms with Crippen molar-refractivity contribution in [2.24, 2.45) is 0 Å². The summed E-state index contributed by atoms with van der Waals surface area (Å²) in [4.78, 5) is 20.6. The summed E-state index contributed by atoms with van der Waals surface area (Å²) < 4.78 is 1.03. The largest absolute Gasteiger partial charge is 0.476 e. The van der Waals surface area contributed by atoms with Crippen molar-refractivity contribution in [3.63, 3.8) is 0 Å². The summed E-state index contributed by atoms with van der Waals surface area (Å²) in [6.07, 6.45) is 0.644. The zero-order valence-corrected chi connectivity index (χ0v) is 9.39. The average molecular weight is 278 g/mol. The van der Waals surface area contributed by atoms with E-state index in [1.165, 1.54) is 0 Å². The molecule has 0 aliphatic carbocycles. The Kier molecular flexibility index (Phi) is 3.40. The van der Waals surface area contributed by atoms with Crippen molar-refractivity contribution < 1.29 is 14.8 Å². The Bertz CT molecular complexity index is 415. The minimum absolute atomic E-state index is 0.0894. The molecule has 0 fully saturated rings. The van der Waals surface area contributed by atoms with Gasteiger partial charge in [-0.1, -0.05) is 6.92 Å². The summed E-state index contributed by atoms with van der Waals surface area (Å²) in [5.74, 6) is -1.71. The van der Waals surface area contributed by atoms with Crippen molar-refractivity contribution in [1.29, 1.82) is 0 Å². The Morgan fingerprint density at radius 1 is 1.73 bits per heavy atom. The molecule has 8 heteroatoms. The summed E-state index contributed by atoms with van der Waals surface area (Å²) in [7, 11) is 0. The van der Waals surface area contributed by atoms with Crippen LogP contribution < -0.4 is 0 Å².